The third-order valence-corrected chi connectivity index (χ3v) is 4.03. The van der Waals surface area contributed by atoms with Gasteiger partial charge in [-0.3, -0.25) is 0 Å². The molecule has 0 radical (unpaired) electrons. The van der Waals surface area contributed by atoms with Gasteiger partial charge in [-0.2, -0.15) is 0 Å². The zero-order chi connectivity index (χ0) is 14.4. The van der Waals surface area contributed by atoms with E-state index in [1.165, 1.54) is 0 Å². The summed E-state index contributed by atoms with van der Waals surface area (Å²) >= 11 is 0. The van der Waals surface area contributed by atoms with Crippen LogP contribution in [-0.2, 0) is 0 Å². The average Bonchev–Trinajstić information content (AvgIpc) is 3.09. The molecule has 1 saturated carbocycles. The van der Waals surface area contributed by atoms with Crippen LogP contribution in [0.4, 0.5) is 10.5 Å². The number of fused-ring (bicyclic) bond motifs is 1. The number of nitrogens with zero attached hydrogens (tertiary/aromatic N) is 2. The van der Waals surface area contributed by atoms with Crippen LogP contribution >= 0.6 is 0 Å². The lowest BCUT2D eigenvalue weighted by molar-refractivity contribution is 0.176. The first-order chi connectivity index (χ1) is 10.2. The van der Waals surface area contributed by atoms with Gasteiger partial charge in [-0.05, 0) is 31.4 Å². The molecule has 2 N–H and O–H groups in total. The first-order valence-corrected chi connectivity index (χ1v) is 7.33. The number of anilines is 1. The van der Waals surface area contributed by atoms with Gasteiger partial charge in [-0.1, -0.05) is 0 Å². The SMILES string of the molecule is O=C(Nc1ccc2nc(C3CC3)oc2c1)N1CC[C@H](O)C1. The molecule has 2 amide bonds. The van der Waals surface area contributed by atoms with Gasteiger partial charge in [-0.15, -0.1) is 0 Å². The van der Waals surface area contributed by atoms with Gasteiger partial charge in [0, 0.05) is 30.8 Å². The number of nitrogens with one attached hydrogen (secondary N) is 1. The van der Waals surface area contributed by atoms with Crippen LogP contribution in [0.2, 0.25) is 0 Å². The fourth-order valence-corrected chi connectivity index (χ4v) is 2.65. The number of β-amino-alcohol motifs (C(OH)–C–C–N with tert-alkyl or cyclic N) is 1. The van der Waals surface area contributed by atoms with Crippen LogP contribution in [0.5, 0.6) is 0 Å². The smallest absolute Gasteiger partial charge is 0.321 e. The van der Waals surface area contributed by atoms with Crippen molar-refractivity contribution in [2.45, 2.75) is 31.3 Å². The number of aliphatic hydroxyl groups is 1. The highest BCUT2D eigenvalue weighted by molar-refractivity contribution is 5.91. The Morgan fingerprint density at radius 3 is 2.95 bits per heavy atom. The normalized spacial score (nSPS) is 22.0. The molecular weight excluding hydrogens is 270 g/mol. The predicted molar refractivity (Wildman–Crippen MR) is 77.2 cm³/mol. The fourth-order valence-electron chi connectivity index (χ4n) is 2.65. The second kappa shape index (κ2) is 4.73. The van der Waals surface area contributed by atoms with Gasteiger partial charge < -0.3 is 19.7 Å². The van der Waals surface area contributed by atoms with E-state index in [0.29, 0.717) is 36.7 Å². The number of urea groups is 1. The van der Waals surface area contributed by atoms with Crippen LogP contribution in [-0.4, -0.2) is 40.2 Å². The number of carbonyl (C=O) groups is 1. The number of carbonyl (C=O) groups excluding carboxylic acids is 1. The van der Waals surface area contributed by atoms with Crippen molar-refractivity contribution in [2.24, 2.45) is 0 Å². The number of aromatic nitrogens is 1. The average molecular weight is 287 g/mol. The Morgan fingerprint density at radius 1 is 1.38 bits per heavy atom. The molecule has 110 valence electrons. The Balaban J connectivity index is 1.51. The fraction of sp³-hybridized carbons (Fsp3) is 0.467. The molecule has 1 saturated heterocycles. The summed E-state index contributed by atoms with van der Waals surface area (Å²) in [5, 5.41) is 12.3. The zero-order valence-corrected chi connectivity index (χ0v) is 11.6. The van der Waals surface area contributed by atoms with E-state index in [-0.39, 0.29) is 6.03 Å². The molecule has 2 aromatic rings. The maximum Gasteiger partial charge on any atom is 0.321 e. The number of oxazole rings is 1. The molecule has 2 aliphatic rings. The van der Waals surface area contributed by atoms with Crippen molar-refractivity contribution in [1.82, 2.24) is 9.88 Å². The molecule has 6 nitrogen and oxygen atoms in total. The quantitative estimate of drug-likeness (QED) is 0.888. The maximum absolute atomic E-state index is 12.1. The largest absolute Gasteiger partial charge is 0.440 e. The molecule has 6 heteroatoms. The van der Waals surface area contributed by atoms with Crippen molar-refractivity contribution in [3.63, 3.8) is 0 Å². The molecular formula is C15H17N3O3. The van der Waals surface area contributed by atoms with Crippen LogP contribution in [0.25, 0.3) is 11.1 Å². The Morgan fingerprint density at radius 2 is 2.24 bits per heavy atom. The lowest BCUT2D eigenvalue weighted by Crippen LogP contribution is -2.33. The minimum absolute atomic E-state index is 0.187. The topological polar surface area (TPSA) is 78.6 Å². The van der Waals surface area contributed by atoms with Crippen molar-refractivity contribution >= 4 is 22.8 Å². The molecule has 2 fully saturated rings. The van der Waals surface area contributed by atoms with Crippen LogP contribution in [0.3, 0.4) is 0 Å². The zero-order valence-electron chi connectivity index (χ0n) is 11.6. The molecule has 2 heterocycles. The molecule has 1 aliphatic carbocycles. The summed E-state index contributed by atoms with van der Waals surface area (Å²) < 4.78 is 5.74. The van der Waals surface area contributed by atoms with E-state index in [9.17, 15) is 9.90 Å². The second-order valence-corrected chi connectivity index (χ2v) is 5.83. The summed E-state index contributed by atoms with van der Waals surface area (Å²) in [4.78, 5) is 18.2. The minimum atomic E-state index is -0.409. The summed E-state index contributed by atoms with van der Waals surface area (Å²) in [6.45, 7) is 0.978. The molecule has 1 aromatic heterocycles. The third-order valence-electron chi connectivity index (χ3n) is 4.03. The molecule has 1 aliphatic heterocycles. The van der Waals surface area contributed by atoms with Crippen LogP contribution < -0.4 is 5.32 Å². The van der Waals surface area contributed by atoms with Crippen molar-refractivity contribution in [3.8, 4) is 0 Å². The standard InChI is InChI=1S/C15H17N3O3/c19-11-5-6-18(8-11)15(20)16-10-3-4-12-13(7-10)21-14(17-12)9-1-2-9/h3-4,7,9,11,19H,1-2,5-6,8H2,(H,16,20)/t11-/m0/s1. The van der Waals surface area contributed by atoms with Gasteiger partial charge in [-0.25, -0.2) is 9.78 Å². The summed E-state index contributed by atoms with van der Waals surface area (Å²) in [5.41, 5.74) is 2.22. The number of amides is 2. The van der Waals surface area contributed by atoms with Crippen LogP contribution in [0.1, 0.15) is 31.1 Å². The Kier molecular flexibility index (Phi) is 2.85. The highest BCUT2D eigenvalue weighted by Gasteiger charge is 2.29. The Bertz CT molecular complexity index is 693. The summed E-state index contributed by atoms with van der Waals surface area (Å²) in [7, 11) is 0. The van der Waals surface area contributed by atoms with Gasteiger partial charge in [0.05, 0.1) is 6.10 Å². The van der Waals surface area contributed by atoms with E-state index < -0.39 is 6.10 Å². The van der Waals surface area contributed by atoms with Gasteiger partial charge in [0.1, 0.15) is 5.52 Å². The van der Waals surface area contributed by atoms with Gasteiger partial charge in [0.25, 0.3) is 0 Å². The Labute approximate surface area is 121 Å². The Hall–Kier alpha value is -2.08. The highest BCUT2D eigenvalue weighted by Crippen LogP contribution is 2.40. The lowest BCUT2D eigenvalue weighted by atomic mass is 10.3. The second-order valence-electron chi connectivity index (χ2n) is 5.83. The van der Waals surface area contributed by atoms with Gasteiger partial charge in [0.15, 0.2) is 11.5 Å². The maximum atomic E-state index is 12.1. The molecule has 21 heavy (non-hydrogen) atoms. The summed E-state index contributed by atoms with van der Waals surface area (Å²) in [6, 6.07) is 5.30. The van der Waals surface area contributed by atoms with Crippen molar-refractivity contribution < 1.29 is 14.3 Å². The van der Waals surface area contributed by atoms with E-state index in [0.717, 1.165) is 24.2 Å². The molecule has 0 bridgehead atoms. The van der Waals surface area contributed by atoms with Crippen molar-refractivity contribution in [2.75, 3.05) is 18.4 Å². The van der Waals surface area contributed by atoms with E-state index in [1.54, 1.807) is 11.0 Å². The molecule has 1 atom stereocenters. The van der Waals surface area contributed by atoms with Crippen LogP contribution in [0.15, 0.2) is 22.6 Å². The number of aliphatic hydroxyl groups excluding tert-OH is 1. The lowest BCUT2D eigenvalue weighted by Gasteiger charge is -2.16. The summed E-state index contributed by atoms with van der Waals surface area (Å²) in [6.07, 6.45) is 2.52. The van der Waals surface area contributed by atoms with E-state index in [2.05, 4.69) is 10.3 Å². The first kappa shape index (κ1) is 12.6. The van der Waals surface area contributed by atoms with Gasteiger partial charge >= 0.3 is 6.03 Å². The van der Waals surface area contributed by atoms with Crippen LogP contribution in [0, 0.1) is 0 Å². The number of hydrogen-bond donors (Lipinski definition) is 2. The molecule has 0 unspecified atom stereocenters. The first-order valence-electron chi connectivity index (χ1n) is 7.33. The molecule has 1 aromatic carbocycles. The molecule has 4 rings (SSSR count). The highest BCUT2D eigenvalue weighted by atomic mass is 16.3. The third kappa shape index (κ3) is 2.47. The van der Waals surface area contributed by atoms with E-state index >= 15 is 0 Å². The number of benzene rings is 1. The van der Waals surface area contributed by atoms with Crippen molar-refractivity contribution in [3.05, 3.63) is 24.1 Å². The monoisotopic (exact) mass is 287 g/mol. The number of likely N-dealkylation sites (tertiary alicyclic amines) is 1. The van der Waals surface area contributed by atoms with Gasteiger partial charge in [0.2, 0.25) is 0 Å². The van der Waals surface area contributed by atoms with E-state index in [1.807, 2.05) is 12.1 Å². The molecule has 0 spiro atoms. The van der Waals surface area contributed by atoms with E-state index in [4.69, 9.17) is 4.42 Å². The minimum Gasteiger partial charge on any atom is -0.440 e. The summed E-state index contributed by atoms with van der Waals surface area (Å²) in [5.74, 6) is 1.28. The number of rotatable bonds is 2. The van der Waals surface area contributed by atoms with Crippen molar-refractivity contribution in [1.29, 1.82) is 0 Å². The predicted octanol–water partition coefficient (Wildman–Crippen LogP) is 2.30. The number of hydrogen-bond acceptors (Lipinski definition) is 4.